The summed E-state index contributed by atoms with van der Waals surface area (Å²) in [7, 11) is 0. The summed E-state index contributed by atoms with van der Waals surface area (Å²) >= 11 is 6.06. The summed E-state index contributed by atoms with van der Waals surface area (Å²) in [6, 6.07) is 0. The first-order valence-corrected chi connectivity index (χ1v) is 5.17. The molecule has 1 aliphatic rings. The first-order chi connectivity index (χ1) is 6.02. The van der Waals surface area contributed by atoms with Crippen molar-refractivity contribution >= 4 is 11.6 Å². The molecule has 1 rings (SSSR count). The van der Waals surface area contributed by atoms with Gasteiger partial charge in [-0.25, -0.2) is 0 Å². The van der Waals surface area contributed by atoms with Gasteiger partial charge < -0.3 is 5.11 Å². The molecule has 0 spiro atoms. The predicted molar refractivity (Wildman–Crippen MR) is 57.1 cm³/mol. The number of alkyl halides is 1. The maximum Gasteiger partial charge on any atom is 0.0894 e. The van der Waals surface area contributed by atoms with Crippen LogP contribution in [0.5, 0.6) is 0 Å². The zero-order chi connectivity index (χ0) is 10.0. The molecule has 0 aromatic heterocycles. The molecular formula is C11H17ClO. The van der Waals surface area contributed by atoms with Gasteiger partial charge in [-0.2, -0.15) is 0 Å². The van der Waals surface area contributed by atoms with E-state index >= 15 is 0 Å². The highest BCUT2D eigenvalue weighted by molar-refractivity contribution is 6.20. The van der Waals surface area contributed by atoms with Crippen LogP contribution in [0.4, 0.5) is 0 Å². The molecule has 13 heavy (non-hydrogen) atoms. The fourth-order valence-corrected chi connectivity index (χ4v) is 2.29. The Balaban J connectivity index is 2.82. The van der Waals surface area contributed by atoms with Crippen molar-refractivity contribution in [3.05, 3.63) is 23.0 Å². The van der Waals surface area contributed by atoms with Gasteiger partial charge in [-0.1, -0.05) is 5.57 Å². The van der Waals surface area contributed by atoms with Gasteiger partial charge in [0.05, 0.1) is 5.76 Å². The average Bonchev–Trinajstić information content (AvgIpc) is 2.32. The standard InChI is InChI=1S/C11H17ClO/c1-7(13)6-10-4-5-11(8(10)2)9(3)12/h6,9,11,13H,4-5H2,1-3H3/b7-6+. The lowest BCUT2D eigenvalue weighted by atomic mass is 9.99. The maximum absolute atomic E-state index is 9.15. The second-order valence-corrected chi connectivity index (χ2v) is 4.51. The van der Waals surface area contributed by atoms with E-state index in [1.807, 2.05) is 13.0 Å². The average molecular weight is 201 g/mol. The maximum atomic E-state index is 9.15. The van der Waals surface area contributed by atoms with Crippen molar-refractivity contribution in [2.75, 3.05) is 0 Å². The number of hydrogen-bond donors (Lipinski definition) is 1. The summed E-state index contributed by atoms with van der Waals surface area (Å²) in [4.78, 5) is 0. The van der Waals surface area contributed by atoms with Crippen LogP contribution in [0.1, 0.15) is 33.6 Å². The van der Waals surface area contributed by atoms with Gasteiger partial charge in [0.25, 0.3) is 0 Å². The minimum Gasteiger partial charge on any atom is -0.513 e. The molecule has 1 nitrogen and oxygen atoms in total. The molecule has 0 heterocycles. The molecule has 0 saturated heterocycles. The number of allylic oxidation sites excluding steroid dienone is 4. The Bertz CT molecular complexity index is 247. The third-order valence-corrected chi connectivity index (χ3v) is 3.03. The highest BCUT2D eigenvalue weighted by atomic mass is 35.5. The quantitative estimate of drug-likeness (QED) is 0.531. The van der Waals surface area contributed by atoms with E-state index < -0.39 is 0 Å². The largest absolute Gasteiger partial charge is 0.513 e. The molecule has 0 saturated carbocycles. The van der Waals surface area contributed by atoms with Crippen LogP contribution in [-0.4, -0.2) is 10.5 Å². The molecule has 1 N–H and O–H groups in total. The van der Waals surface area contributed by atoms with Crippen LogP contribution in [0.3, 0.4) is 0 Å². The van der Waals surface area contributed by atoms with Crippen LogP contribution < -0.4 is 0 Å². The van der Waals surface area contributed by atoms with E-state index in [4.69, 9.17) is 16.7 Å². The Morgan fingerprint density at radius 1 is 1.69 bits per heavy atom. The van der Waals surface area contributed by atoms with Gasteiger partial charge in [0.15, 0.2) is 0 Å². The first-order valence-electron chi connectivity index (χ1n) is 4.73. The van der Waals surface area contributed by atoms with E-state index in [0.29, 0.717) is 11.7 Å². The minimum atomic E-state index is 0.199. The SMILES string of the molecule is CC1=C(/C=C(\C)O)CCC1C(C)Cl. The molecule has 1 aliphatic carbocycles. The fraction of sp³-hybridized carbons (Fsp3) is 0.636. The summed E-state index contributed by atoms with van der Waals surface area (Å²) in [5.41, 5.74) is 2.61. The number of hydrogen-bond acceptors (Lipinski definition) is 1. The number of rotatable bonds is 2. The second-order valence-electron chi connectivity index (χ2n) is 3.82. The van der Waals surface area contributed by atoms with Crippen molar-refractivity contribution < 1.29 is 5.11 Å². The minimum absolute atomic E-state index is 0.199. The van der Waals surface area contributed by atoms with Crippen LogP contribution >= 0.6 is 11.6 Å². The summed E-state index contributed by atoms with van der Waals surface area (Å²) < 4.78 is 0. The molecule has 0 fully saturated rings. The Morgan fingerprint density at radius 3 is 2.69 bits per heavy atom. The van der Waals surface area contributed by atoms with E-state index in [1.165, 1.54) is 11.1 Å². The van der Waals surface area contributed by atoms with Crippen LogP contribution in [-0.2, 0) is 0 Å². The number of aliphatic hydroxyl groups excluding tert-OH is 1. The molecule has 2 atom stereocenters. The summed E-state index contributed by atoms with van der Waals surface area (Å²) in [5.74, 6) is 0.879. The molecule has 0 aliphatic heterocycles. The summed E-state index contributed by atoms with van der Waals surface area (Å²) in [6.45, 7) is 5.86. The first kappa shape index (κ1) is 10.6. The van der Waals surface area contributed by atoms with E-state index in [9.17, 15) is 0 Å². The van der Waals surface area contributed by atoms with Gasteiger partial charge in [0.1, 0.15) is 0 Å². The molecule has 0 bridgehead atoms. The molecule has 74 valence electrons. The molecule has 0 radical (unpaired) electrons. The highest BCUT2D eigenvalue weighted by Gasteiger charge is 2.24. The highest BCUT2D eigenvalue weighted by Crippen LogP contribution is 2.36. The second kappa shape index (κ2) is 4.19. The van der Waals surface area contributed by atoms with Gasteiger partial charge >= 0.3 is 0 Å². The molecule has 0 aromatic carbocycles. The Labute approximate surface area is 85.1 Å². The zero-order valence-corrected chi connectivity index (χ0v) is 9.23. The molecule has 2 heteroatoms. The van der Waals surface area contributed by atoms with Gasteiger partial charge in [-0.05, 0) is 51.2 Å². The predicted octanol–water partition coefficient (Wildman–Crippen LogP) is 3.80. The van der Waals surface area contributed by atoms with Crippen molar-refractivity contribution in [2.24, 2.45) is 5.92 Å². The lowest BCUT2D eigenvalue weighted by molar-refractivity contribution is 0.413. The van der Waals surface area contributed by atoms with Gasteiger partial charge in [0.2, 0.25) is 0 Å². The summed E-state index contributed by atoms with van der Waals surface area (Å²) in [6.07, 6.45) is 4.02. The Kier molecular flexibility index (Phi) is 3.43. The zero-order valence-electron chi connectivity index (χ0n) is 8.47. The third kappa shape index (κ3) is 2.50. The van der Waals surface area contributed by atoms with Crippen LogP contribution in [0, 0.1) is 5.92 Å². The van der Waals surface area contributed by atoms with E-state index in [1.54, 1.807) is 6.92 Å². The van der Waals surface area contributed by atoms with Gasteiger partial charge in [0, 0.05) is 5.38 Å². The van der Waals surface area contributed by atoms with Crippen molar-refractivity contribution in [2.45, 2.75) is 39.0 Å². The fourth-order valence-electron chi connectivity index (χ4n) is 1.98. The number of aliphatic hydroxyl groups is 1. The van der Waals surface area contributed by atoms with Crippen LogP contribution in [0.15, 0.2) is 23.0 Å². The monoisotopic (exact) mass is 200 g/mol. The molecule has 0 aromatic rings. The van der Waals surface area contributed by atoms with E-state index in [0.717, 1.165) is 12.8 Å². The van der Waals surface area contributed by atoms with Crippen LogP contribution in [0.2, 0.25) is 0 Å². The van der Waals surface area contributed by atoms with Crippen LogP contribution in [0.25, 0.3) is 0 Å². The summed E-state index contributed by atoms with van der Waals surface area (Å²) in [5, 5.41) is 9.35. The third-order valence-electron chi connectivity index (χ3n) is 2.72. The normalized spacial score (nSPS) is 26.8. The molecule has 2 unspecified atom stereocenters. The molecule has 0 amide bonds. The van der Waals surface area contributed by atoms with Gasteiger partial charge in [-0.3, -0.25) is 0 Å². The smallest absolute Gasteiger partial charge is 0.0894 e. The Morgan fingerprint density at radius 2 is 2.31 bits per heavy atom. The van der Waals surface area contributed by atoms with Crippen molar-refractivity contribution in [1.29, 1.82) is 0 Å². The number of halogens is 1. The van der Waals surface area contributed by atoms with E-state index in [2.05, 4.69) is 6.92 Å². The van der Waals surface area contributed by atoms with Crippen molar-refractivity contribution in [3.8, 4) is 0 Å². The van der Waals surface area contributed by atoms with Crippen molar-refractivity contribution in [1.82, 2.24) is 0 Å². The molecular weight excluding hydrogens is 184 g/mol. The lowest BCUT2D eigenvalue weighted by Crippen LogP contribution is -2.08. The van der Waals surface area contributed by atoms with E-state index in [-0.39, 0.29) is 5.38 Å². The topological polar surface area (TPSA) is 20.2 Å². The Hall–Kier alpha value is -0.430. The lowest BCUT2D eigenvalue weighted by Gasteiger charge is -2.13. The van der Waals surface area contributed by atoms with Gasteiger partial charge in [-0.15, -0.1) is 11.6 Å². The van der Waals surface area contributed by atoms with Crippen molar-refractivity contribution in [3.63, 3.8) is 0 Å².